The zero-order valence-electron chi connectivity index (χ0n) is 8.78. The molecule has 3 nitrogen and oxygen atoms in total. The van der Waals surface area contributed by atoms with Gasteiger partial charge >= 0.3 is 0 Å². The molecule has 0 fully saturated rings. The van der Waals surface area contributed by atoms with E-state index >= 15 is 0 Å². The Morgan fingerprint density at radius 1 is 1.38 bits per heavy atom. The fourth-order valence-electron chi connectivity index (χ4n) is 1.28. The van der Waals surface area contributed by atoms with Crippen LogP contribution in [0.5, 0.6) is 0 Å². The van der Waals surface area contributed by atoms with Crippen LogP contribution in [0.4, 0.5) is 0 Å². The summed E-state index contributed by atoms with van der Waals surface area (Å²) in [6, 6.07) is 4.23. The van der Waals surface area contributed by atoms with E-state index in [-0.39, 0.29) is 11.5 Å². The van der Waals surface area contributed by atoms with E-state index in [2.05, 4.69) is 0 Å². The van der Waals surface area contributed by atoms with Gasteiger partial charge in [0.25, 0.3) is 0 Å². The maximum Gasteiger partial charge on any atom is 0.151 e. The quantitative estimate of drug-likeness (QED) is 0.922. The minimum absolute atomic E-state index is 0.0753. The Balaban J connectivity index is 2.93. The lowest BCUT2D eigenvalue weighted by atomic mass is 10.1. The van der Waals surface area contributed by atoms with Crippen LogP contribution in [0.25, 0.3) is 0 Å². The van der Waals surface area contributed by atoms with Crippen molar-refractivity contribution in [1.29, 1.82) is 0 Å². The largest absolute Gasteiger partial charge is 0.323 e. The van der Waals surface area contributed by atoms with Gasteiger partial charge < -0.3 is 5.73 Å². The van der Waals surface area contributed by atoms with Crippen molar-refractivity contribution < 1.29 is 8.42 Å². The number of halogens is 2. The maximum atomic E-state index is 11.4. The van der Waals surface area contributed by atoms with E-state index in [4.69, 9.17) is 28.9 Å². The summed E-state index contributed by atoms with van der Waals surface area (Å²) >= 11 is 11.7. The summed E-state index contributed by atoms with van der Waals surface area (Å²) in [4.78, 5) is 0. The number of hydrogen-bond acceptors (Lipinski definition) is 3. The summed E-state index contributed by atoms with van der Waals surface area (Å²) in [6.45, 7) is 1.59. The first-order valence-electron chi connectivity index (χ1n) is 4.76. The van der Waals surface area contributed by atoms with Crippen LogP contribution in [0, 0.1) is 0 Å². The minimum atomic E-state index is -3.11. The Kier molecular flexibility index (Phi) is 4.62. The molecule has 1 rings (SSSR count). The molecule has 0 aliphatic carbocycles. The summed E-state index contributed by atoms with van der Waals surface area (Å²) in [5.41, 5.74) is 6.40. The van der Waals surface area contributed by atoms with Crippen molar-refractivity contribution in [2.24, 2.45) is 5.73 Å². The molecule has 16 heavy (non-hydrogen) atoms. The Morgan fingerprint density at radius 3 is 2.50 bits per heavy atom. The molecule has 1 unspecified atom stereocenters. The van der Waals surface area contributed by atoms with Gasteiger partial charge in [0.2, 0.25) is 0 Å². The summed E-state index contributed by atoms with van der Waals surface area (Å²) in [6.07, 6.45) is 0. The highest BCUT2D eigenvalue weighted by Gasteiger charge is 2.17. The summed E-state index contributed by atoms with van der Waals surface area (Å²) in [7, 11) is -3.11. The zero-order valence-corrected chi connectivity index (χ0v) is 11.1. The fourth-order valence-corrected chi connectivity index (χ4v) is 2.79. The molecule has 0 aliphatic heterocycles. The number of benzene rings is 1. The Labute approximate surface area is 105 Å². The molecule has 6 heteroatoms. The van der Waals surface area contributed by atoms with Crippen LogP contribution in [0.1, 0.15) is 18.5 Å². The summed E-state index contributed by atoms with van der Waals surface area (Å²) in [5.74, 6) is -0.0310. The van der Waals surface area contributed by atoms with E-state index in [9.17, 15) is 8.42 Å². The molecule has 0 aliphatic rings. The third kappa shape index (κ3) is 3.63. The van der Waals surface area contributed by atoms with Gasteiger partial charge in [-0.3, -0.25) is 0 Å². The topological polar surface area (TPSA) is 60.2 Å². The number of sulfone groups is 1. The highest BCUT2D eigenvalue weighted by Crippen LogP contribution is 2.25. The molecule has 0 aromatic heterocycles. The van der Waals surface area contributed by atoms with Crippen molar-refractivity contribution >= 4 is 33.0 Å². The van der Waals surface area contributed by atoms with Crippen molar-refractivity contribution in [3.05, 3.63) is 33.8 Å². The molecule has 1 aromatic carbocycles. The average molecular weight is 282 g/mol. The molecule has 1 aromatic rings. The van der Waals surface area contributed by atoms with Crippen molar-refractivity contribution in [1.82, 2.24) is 0 Å². The molecule has 0 saturated carbocycles. The fraction of sp³-hybridized carbons (Fsp3) is 0.400. The zero-order chi connectivity index (χ0) is 12.3. The molecule has 0 saturated heterocycles. The van der Waals surface area contributed by atoms with Crippen LogP contribution >= 0.6 is 23.2 Å². The second kappa shape index (κ2) is 5.36. The van der Waals surface area contributed by atoms with Gasteiger partial charge in [-0.2, -0.15) is 0 Å². The molecule has 0 amide bonds. The molecule has 0 heterocycles. The maximum absolute atomic E-state index is 11.4. The smallest absolute Gasteiger partial charge is 0.151 e. The van der Waals surface area contributed by atoms with Crippen LogP contribution < -0.4 is 5.73 Å². The van der Waals surface area contributed by atoms with Crippen LogP contribution in [-0.2, 0) is 9.84 Å². The first-order valence-corrected chi connectivity index (χ1v) is 7.34. The number of rotatable bonds is 4. The Hall–Kier alpha value is -0.290. The average Bonchev–Trinajstić information content (AvgIpc) is 2.16. The Morgan fingerprint density at radius 2 is 2.00 bits per heavy atom. The van der Waals surface area contributed by atoms with Crippen molar-refractivity contribution in [2.75, 3.05) is 11.5 Å². The van der Waals surface area contributed by atoms with Gasteiger partial charge in [-0.15, -0.1) is 0 Å². The molecule has 90 valence electrons. The van der Waals surface area contributed by atoms with Crippen LogP contribution in [-0.4, -0.2) is 19.9 Å². The number of hydrogen-bond donors (Lipinski definition) is 1. The van der Waals surface area contributed by atoms with E-state index in [0.717, 1.165) is 0 Å². The highest BCUT2D eigenvalue weighted by atomic mass is 35.5. The lowest BCUT2D eigenvalue weighted by Crippen LogP contribution is -2.23. The summed E-state index contributed by atoms with van der Waals surface area (Å²) in [5, 5.41) is 0.894. The first-order chi connectivity index (χ1) is 7.35. The molecule has 0 radical (unpaired) electrons. The normalized spacial score (nSPS) is 13.8. The molecular formula is C10H13Cl2NO2S. The third-order valence-electron chi connectivity index (χ3n) is 2.24. The molecular weight excluding hydrogens is 269 g/mol. The second-order valence-corrected chi connectivity index (χ2v) is 6.71. The third-order valence-corrected chi connectivity index (χ3v) is 4.54. The van der Waals surface area contributed by atoms with Gasteiger partial charge in [0.1, 0.15) is 0 Å². The molecule has 2 N–H and O–H groups in total. The summed E-state index contributed by atoms with van der Waals surface area (Å²) < 4.78 is 22.8. The van der Waals surface area contributed by atoms with Gasteiger partial charge in [-0.05, 0) is 17.7 Å². The van der Waals surface area contributed by atoms with Gasteiger partial charge in [0, 0.05) is 21.8 Å². The molecule has 1 atom stereocenters. The van der Waals surface area contributed by atoms with E-state index in [1.54, 1.807) is 25.1 Å². The monoisotopic (exact) mass is 281 g/mol. The SMILES string of the molecule is CCS(=O)(=O)CC(N)c1ccc(Cl)cc1Cl. The predicted octanol–water partition coefficient (Wildman–Crippen LogP) is 2.43. The lowest BCUT2D eigenvalue weighted by Gasteiger charge is -2.13. The van der Waals surface area contributed by atoms with Crippen molar-refractivity contribution in [3.63, 3.8) is 0 Å². The minimum Gasteiger partial charge on any atom is -0.323 e. The van der Waals surface area contributed by atoms with E-state index in [1.165, 1.54) is 0 Å². The van der Waals surface area contributed by atoms with Gasteiger partial charge in [0.15, 0.2) is 9.84 Å². The highest BCUT2D eigenvalue weighted by molar-refractivity contribution is 7.91. The first kappa shape index (κ1) is 13.8. The van der Waals surface area contributed by atoms with E-state index in [1.807, 2.05) is 0 Å². The Bertz CT molecular complexity index is 474. The van der Waals surface area contributed by atoms with Gasteiger partial charge in [0.05, 0.1) is 5.75 Å². The van der Waals surface area contributed by atoms with Gasteiger partial charge in [-0.1, -0.05) is 36.2 Å². The van der Waals surface area contributed by atoms with Crippen molar-refractivity contribution in [3.8, 4) is 0 Å². The van der Waals surface area contributed by atoms with Crippen molar-refractivity contribution in [2.45, 2.75) is 13.0 Å². The standard InChI is InChI=1S/C10H13Cl2NO2S/c1-2-16(14,15)6-10(13)8-4-3-7(11)5-9(8)12/h3-5,10H,2,6,13H2,1H3. The van der Waals surface area contributed by atoms with Gasteiger partial charge in [-0.25, -0.2) is 8.42 Å². The van der Waals surface area contributed by atoms with E-state index < -0.39 is 15.9 Å². The van der Waals surface area contributed by atoms with Crippen LogP contribution in [0.2, 0.25) is 10.0 Å². The predicted molar refractivity (Wildman–Crippen MR) is 67.7 cm³/mol. The molecule has 0 bridgehead atoms. The van der Waals surface area contributed by atoms with E-state index in [0.29, 0.717) is 15.6 Å². The second-order valence-electron chi connectivity index (χ2n) is 3.47. The van der Waals surface area contributed by atoms with Crippen LogP contribution in [0.3, 0.4) is 0 Å². The lowest BCUT2D eigenvalue weighted by molar-refractivity contribution is 0.590. The number of nitrogens with two attached hydrogens (primary N) is 1. The molecule has 0 spiro atoms. The van der Waals surface area contributed by atoms with Crippen LogP contribution in [0.15, 0.2) is 18.2 Å².